The van der Waals surface area contributed by atoms with Gasteiger partial charge in [-0.05, 0) is 34.9 Å². The van der Waals surface area contributed by atoms with E-state index >= 15 is 0 Å². The molecular weight excluding hydrogens is 372 g/mol. The number of rotatable bonds is 9. The van der Waals surface area contributed by atoms with E-state index in [1.165, 1.54) is 18.4 Å². The zero-order valence-corrected chi connectivity index (χ0v) is 14.5. The molecule has 0 saturated heterocycles. The molecule has 0 aliphatic carbocycles. The third-order valence-electron chi connectivity index (χ3n) is 3.36. The number of carbonyl (C=O) groups excluding carboxylic acids is 1. The van der Waals surface area contributed by atoms with Gasteiger partial charge in [-0.25, -0.2) is 0 Å². The molecule has 140 valence electrons. The lowest BCUT2D eigenvalue weighted by atomic mass is 10.1. The Hall–Kier alpha value is -2.75. The molecule has 0 spiro atoms. The summed E-state index contributed by atoms with van der Waals surface area (Å²) < 4.78 is 39.0. The fraction of sp³-hybridized carbons (Fsp3) is 0.312. The molecule has 0 saturated carbocycles. The lowest BCUT2D eigenvalue weighted by Crippen LogP contribution is -2.09. The molecule has 0 atom stereocenters. The second kappa shape index (κ2) is 9.09. The fourth-order valence-corrected chi connectivity index (χ4v) is 2.84. The van der Waals surface area contributed by atoms with Crippen LogP contribution in [0.15, 0.2) is 29.0 Å². The molecule has 10 heteroatoms. The average Bonchev–Trinajstić information content (AvgIpc) is 3.11. The van der Waals surface area contributed by atoms with Crippen LogP contribution in [0.4, 0.5) is 14.5 Å². The van der Waals surface area contributed by atoms with Gasteiger partial charge in [0.2, 0.25) is 0 Å². The van der Waals surface area contributed by atoms with Crippen LogP contribution in [0.5, 0.6) is 11.5 Å². The molecule has 2 aromatic rings. The molecular formula is C16H15F2NO6S. The van der Waals surface area contributed by atoms with Gasteiger partial charge in [-0.3, -0.25) is 14.9 Å². The molecule has 7 nitrogen and oxygen atoms in total. The van der Waals surface area contributed by atoms with Gasteiger partial charge < -0.3 is 14.2 Å². The number of nitrogens with zero attached hydrogens (tertiary/aromatic N) is 1. The van der Waals surface area contributed by atoms with Gasteiger partial charge in [0.15, 0.2) is 11.5 Å². The van der Waals surface area contributed by atoms with E-state index < -0.39 is 28.9 Å². The number of halogens is 2. The lowest BCUT2D eigenvalue weighted by molar-refractivity contribution is -0.386. The Kier molecular flexibility index (Phi) is 6.84. The predicted octanol–water partition coefficient (Wildman–Crippen LogP) is 3.94. The highest BCUT2D eigenvalue weighted by Crippen LogP contribution is 2.36. The number of aryl methyl sites for hydroxylation is 1. The number of methoxy groups -OCH3 is 1. The van der Waals surface area contributed by atoms with Gasteiger partial charge in [0.05, 0.1) is 23.7 Å². The number of carbonyl (C=O) groups is 1. The largest absolute Gasteiger partial charge is 0.493 e. The molecule has 0 aliphatic rings. The molecule has 0 bridgehead atoms. The Morgan fingerprint density at radius 1 is 1.35 bits per heavy atom. The Balaban J connectivity index is 2.09. The maximum Gasteiger partial charge on any atom is 0.387 e. The van der Waals surface area contributed by atoms with Crippen LogP contribution in [0.3, 0.4) is 0 Å². The van der Waals surface area contributed by atoms with E-state index in [1.807, 2.05) is 16.8 Å². The van der Waals surface area contributed by atoms with Crippen molar-refractivity contribution in [1.82, 2.24) is 0 Å². The van der Waals surface area contributed by atoms with E-state index in [0.29, 0.717) is 6.42 Å². The summed E-state index contributed by atoms with van der Waals surface area (Å²) in [6, 6.07) is 3.84. The summed E-state index contributed by atoms with van der Waals surface area (Å²) >= 11 is 1.51. The van der Waals surface area contributed by atoms with E-state index in [2.05, 4.69) is 4.74 Å². The van der Waals surface area contributed by atoms with Crippen LogP contribution in [0.2, 0.25) is 0 Å². The van der Waals surface area contributed by atoms with Crippen molar-refractivity contribution in [1.29, 1.82) is 0 Å². The van der Waals surface area contributed by atoms with E-state index in [9.17, 15) is 23.7 Å². The first-order valence-corrected chi connectivity index (χ1v) is 8.31. The van der Waals surface area contributed by atoms with Gasteiger partial charge >= 0.3 is 12.6 Å². The van der Waals surface area contributed by atoms with Crippen LogP contribution in [0.25, 0.3) is 0 Å². The summed E-state index contributed by atoms with van der Waals surface area (Å²) in [6.07, 6.45) is 0.614. The molecule has 0 amide bonds. The van der Waals surface area contributed by atoms with Crippen molar-refractivity contribution < 1.29 is 32.7 Å². The second-order valence-electron chi connectivity index (χ2n) is 5.06. The lowest BCUT2D eigenvalue weighted by Gasteiger charge is -2.12. The van der Waals surface area contributed by atoms with Crippen LogP contribution in [-0.4, -0.2) is 24.6 Å². The number of thiophene rings is 1. The molecule has 0 aliphatic heterocycles. The van der Waals surface area contributed by atoms with Crippen molar-refractivity contribution in [2.75, 3.05) is 7.11 Å². The Labute approximate surface area is 151 Å². The van der Waals surface area contributed by atoms with Gasteiger partial charge in [0, 0.05) is 6.42 Å². The highest BCUT2D eigenvalue weighted by Gasteiger charge is 2.22. The first kappa shape index (κ1) is 19.6. The van der Waals surface area contributed by atoms with Gasteiger partial charge in [-0.2, -0.15) is 20.1 Å². The number of hydrogen-bond donors (Lipinski definition) is 0. The maximum absolute atomic E-state index is 12.4. The first-order valence-electron chi connectivity index (χ1n) is 7.37. The third-order valence-corrected chi connectivity index (χ3v) is 4.10. The number of ether oxygens (including phenoxy) is 3. The molecule has 1 aromatic carbocycles. The Morgan fingerprint density at radius 3 is 2.69 bits per heavy atom. The third kappa shape index (κ3) is 5.38. The number of hydrogen-bond acceptors (Lipinski definition) is 7. The summed E-state index contributed by atoms with van der Waals surface area (Å²) in [5.41, 5.74) is 0.498. The Morgan fingerprint density at radius 2 is 2.12 bits per heavy atom. The maximum atomic E-state index is 12.4. The van der Waals surface area contributed by atoms with Crippen LogP contribution < -0.4 is 9.47 Å². The minimum absolute atomic E-state index is 0.0114. The zero-order chi connectivity index (χ0) is 19.1. The minimum atomic E-state index is -3.16. The van der Waals surface area contributed by atoms with E-state index in [0.717, 1.165) is 17.7 Å². The van der Waals surface area contributed by atoms with Crippen molar-refractivity contribution in [3.63, 3.8) is 0 Å². The number of benzene rings is 1. The summed E-state index contributed by atoms with van der Waals surface area (Å²) in [5.74, 6) is -1.13. The van der Waals surface area contributed by atoms with Gasteiger partial charge in [0.25, 0.3) is 5.69 Å². The van der Waals surface area contributed by atoms with Crippen molar-refractivity contribution in [3.8, 4) is 11.5 Å². The number of alkyl halides is 2. The summed E-state index contributed by atoms with van der Waals surface area (Å²) in [5, 5.41) is 15.0. The monoisotopic (exact) mass is 387 g/mol. The quantitative estimate of drug-likeness (QED) is 0.368. The van der Waals surface area contributed by atoms with Crippen molar-refractivity contribution in [2.45, 2.75) is 26.1 Å². The van der Waals surface area contributed by atoms with Crippen LogP contribution >= 0.6 is 11.3 Å². The van der Waals surface area contributed by atoms with Crippen LogP contribution in [0.1, 0.15) is 17.5 Å². The normalized spacial score (nSPS) is 10.6. The molecule has 0 N–H and O–H groups in total. The predicted molar refractivity (Wildman–Crippen MR) is 88.7 cm³/mol. The van der Waals surface area contributed by atoms with Crippen molar-refractivity contribution >= 4 is 23.0 Å². The van der Waals surface area contributed by atoms with Crippen molar-refractivity contribution in [3.05, 3.63) is 50.2 Å². The highest BCUT2D eigenvalue weighted by atomic mass is 32.1. The average molecular weight is 387 g/mol. The number of nitro benzene ring substituents is 1. The van der Waals surface area contributed by atoms with Gasteiger partial charge in [0.1, 0.15) is 6.61 Å². The van der Waals surface area contributed by atoms with Crippen LogP contribution in [0, 0.1) is 10.1 Å². The minimum Gasteiger partial charge on any atom is -0.493 e. The fourth-order valence-electron chi connectivity index (χ4n) is 2.14. The van der Waals surface area contributed by atoms with Gasteiger partial charge in [-0.1, -0.05) is 0 Å². The topological polar surface area (TPSA) is 87.9 Å². The SMILES string of the molecule is COc1cc(COC(=O)CCc2ccsc2)c([N+](=O)[O-])cc1OC(F)F. The Bertz CT molecular complexity index is 766. The summed E-state index contributed by atoms with van der Waals surface area (Å²) in [7, 11) is 1.20. The standard InChI is InChI=1S/C16H15F2NO6S/c1-23-13-6-11(12(19(21)22)7-14(13)25-16(17)18)8-24-15(20)3-2-10-4-5-26-9-10/h4-7,9,16H,2-3,8H2,1H3. The molecule has 1 aromatic heterocycles. The smallest absolute Gasteiger partial charge is 0.387 e. The molecule has 0 unspecified atom stereocenters. The molecule has 0 radical (unpaired) electrons. The van der Waals surface area contributed by atoms with Crippen molar-refractivity contribution in [2.24, 2.45) is 0 Å². The molecule has 26 heavy (non-hydrogen) atoms. The second-order valence-corrected chi connectivity index (χ2v) is 5.84. The molecule has 2 rings (SSSR count). The molecule has 1 heterocycles. The van der Waals surface area contributed by atoms with E-state index in [4.69, 9.17) is 9.47 Å². The summed E-state index contributed by atoms with van der Waals surface area (Å²) in [4.78, 5) is 22.2. The van der Waals surface area contributed by atoms with Gasteiger partial charge in [-0.15, -0.1) is 0 Å². The van der Waals surface area contributed by atoms with E-state index in [1.54, 1.807) is 0 Å². The van der Waals surface area contributed by atoms with E-state index in [-0.39, 0.29) is 24.3 Å². The number of esters is 1. The molecule has 0 fully saturated rings. The number of nitro groups is 1. The zero-order valence-electron chi connectivity index (χ0n) is 13.6. The summed E-state index contributed by atoms with van der Waals surface area (Å²) in [6.45, 7) is -3.55. The first-order chi connectivity index (χ1) is 12.4. The van der Waals surface area contributed by atoms with Crippen LogP contribution in [-0.2, 0) is 22.6 Å². The highest BCUT2D eigenvalue weighted by molar-refractivity contribution is 7.07.